The third-order valence-corrected chi connectivity index (χ3v) is 4.58. The average molecular weight is 253 g/mol. The molecule has 1 heterocycles. The van der Waals surface area contributed by atoms with Gasteiger partial charge >= 0.3 is 0 Å². The van der Waals surface area contributed by atoms with Gasteiger partial charge in [-0.2, -0.15) is 0 Å². The lowest BCUT2D eigenvalue weighted by Gasteiger charge is -2.39. The van der Waals surface area contributed by atoms with Crippen molar-refractivity contribution in [2.24, 2.45) is 11.7 Å². The van der Waals surface area contributed by atoms with Gasteiger partial charge in [-0.3, -0.25) is 4.79 Å². The van der Waals surface area contributed by atoms with Crippen LogP contribution in [0.5, 0.6) is 0 Å². The monoisotopic (exact) mass is 253 g/mol. The number of carbonyl (C=O) groups is 1. The molecule has 0 aromatic rings. The summed E-state index contributed by atoms with van der Waals surface area (Å²) in [7, 11) is 4.20. The second-order valence-electron chi connectivity index (χ2n) is 6.10. The molecule has 4 heteroatoms. The molecule has 2 fully saturated rings. The number of rotatable bonds is 2. The number of nitrogens with zero attached hydrogens (tertiary/aromatic N) is 2. The lowest BCUT2D eigenvalue weighted by Crippen LogP contribution is -2.52. The quantitative estimate of drug-likeness (QED) is 0.800. The molecule has 1 amide bonds. The molecule has 1 aliphatic carbocycles. The molecule has 2 rings (SSSR count). The van der Waals surface area contributed by atoms with E-state index < -0.39 is 0 Å². The molecule has 2 aliphatic rings. The van der Waals surface area contributed by atoms with Crippen molar-refractivity contribution in [2.45, 2.75) is 50.6 Å². The minimum Gasteiger partial charge on any atom is -0.341 e. The Morgan fingerprint density at radius 3 is 2.56 bits per heavy atom. The van der Waals surface area contributed by atoms with E-state index >= 15 is 0 Å². The van der Waals surface area contributed by atoms with Gasteiger partial charge in [0, 0.05) is 25.2 Å². The zero-order valence-corrected chi connectivity index (χ0v) is 11.8. The molecule has 4 nitrogen and oxygen atoms in total. The lowest BCUT2D eigenvalue weighted by molar-refractivity contribution is -0.139. The Labute approximate surface area is 110 Å². The first-order chi connectivity index (χ1) is 8.59. The standard InChI is InChI=1S/C14H27N3O/c1-16(2)11-6-5-9-17(10-11)14(18)12-7-3-4-8-13(12)15/h11-13H,3-10,15H2,1-2H3. The van der Waals surface area contributed by atoms with Gasteiger partial charge in [0.2, 0.25) is 5.91 Å². The van der Waals surface area contributed by atoms with Gasteiger partial charge in [-0.1, -0.05) is 12.8 Å². The first kappa shape index (κ1) is 13.8. The first-order valence-corrected chi connectivity index (χ1v) is 7.30. The van der Waals surface area contributed by atoms with E-state index in [0.29, 0.717) is 11.9 Å². The van der Waals surface area contributed by atoms with E-state index in [1.165, 1.54) is 12.8 Å². The number of nitrogens with two attached hydrogens (primary N) is 1. The fourth-order valence-electron chi connectivity index (χ4n) is 3.28. The number of likely N-dealkylation sites (N-methyl/N-ethyl adjacent to an activating group) is 1. The molecule has 0 aromatic carbocycles. The minimum atomic E-state index is 0.0830. The predicted molar refractivity (Wildman–Crippen MR) is 73.2 cm³/mol. The summed E-state index contributed by atoms with van der Waals surface area (Å²) in [5, 5.41) is 0. The van der Waals surface area contributed by atoms with Gasteiger partial charge in [0.25, 0.3) is 0 Å². The van der Waals surface area contributed by atoms with Crippen molar-refractivity contribution in [3.05, 3.63) is 0 Å². The third kappa shape index (κ3) is 3.04. The van der Waals surface area contributed by atoms with Crippen molar-refractivity contribution in [3.8, 4) is 0 Å². The molecule has 1 aliphatic heterocycles. The molecule has 104 valence electrons. The Hall–Kier alpha value is -0.610. The van der Waals surface area contributed by atoms with Crippen molar-refractivity contribution in [3.63, 3.8) is 0 Å². The molecule has 0 spiro atoms. The van der Waals surface area contributed by atoms with Gasteiger partial charge in [-0.15, -0.1) is 0 Å². The molecular weight excluding hydrogens is 226 g/mol. The summed E-state index contributed by atoms with van der Waals surface area (Å²) in [4.78, 5) is 16.9. The normalized spacial score (nSPS) is 33.8. The van der Waals surface area contributed by atoms with Crippen molar-refractivity contribution in [2.75, 3.05) is 27.2 Å². The minimum absolute atomic E-state index is 0.0830. The van der Waals surface area contributed by atoms with Gasteiger partial charge in [0.05, 0.1) is 5.92 Å². The highest BCUT2D eigenvalue weighted by molar-refractivity contribution is 5.79. The van der Waals surface area contributed by atoms with Gasteiger partial charge in [0.1, 0.15) is 0 Å². The van der Waals surface area contributed by atoms with E-state index in [-0.39, 0.29) is 12.0 Å². The van der Waals surface area contributed by atoms with Crippen LogP contribution in [-0.4, -0.2) is 55.0 Å². The largest absolute Gasteiger partial charge is 0.341 e. The molecule has 0 radical (unpaired) electrons. The summed E-state index contributed by atoms with van der Waals surface area (Å²) in [5.74, 6) is 0.397. The van der Waals surface area contributed by atoms with Gasteiger partial charge in [0.15, 0.2) is 0 Å². The molecule has 2 N–H and O–H groups in total. The SMILES string of the molecule is CN(C)C1CCCN(C(=O)C2CCCCC2N)C1. The summed E-state index contributed by atoms with van der Waals surface area (Å²) in [6.45, 7) is 1.81. The second kappa shape index (κ2) is 6.02. The maximum atomic E-state index is 12.6. The highest BCUT2D eigenvalue weighted by Gasteiger charge is 2.33. The molecule has 3 unspecified atom stereocenters. The molecule has 0 bridgehead atoms. The van der Waals surface area contributed by atoms with Crippen LogP contribution in [0.2, 0.25) is 0 Å². The average Bonchev–Trinajstić information content (AvgIpc) is 2.38. The zero-order chi connectivity index (χ0) is 13.1. The van der Waals surface area contributed by atoms with E-state index in [9.17, 15) is 4.79 Å². The van der Waals surface area contributed by atoms with E-state index in [1.54, 1.807) is 0 Å². The van der Waals surface area contributed by atoms with Gasteiger partial charge in [-0.05, 0) is 39.8 Å². The molecule has 3 atom stereocenters. The van der Waals surface area contributed by atoms with Crippen LogP contribution < -0.4 is 5.73 Å². The molecule has 0 aromatic heterocycles. The van der Waals surface area contributed by atoms with E-state index in [0.717, 1.165) is 38.8 Å². The van der Waals surface area contributed by atoms with Crippen LogP contribution in [0.1, 0.15) is 38.5 Å². The predicted octanol–water partition coefficient (Wildman–Crippen LogP) is 1.06. The number of amides is 1. The fraction of sp³-hybridized carbons (Fsp3) is 0.929. The van der Waals surface area contributed by atoms with Crippen molar-refractivity contribution in [1.82, 2.24) is 9.80 Å². The summed E-state index contributed by atoms with van der Waals surface area (Å²) < 4.78 is 0. The van der Waals surface area contributed by atoms with Gasteiger partial charge < -0.3 is 15.5 Å². The lowest BCUT2D eigenvalue weighted by atomic mass is 9.83. The summed E-state index contributed by atoms with van der Waals surface area (Å²) in [6, 6.07) is 0.605. The van der Waals surface area contributed by atoms with E-state index in [2.05, 4.69) is 23.9 Å². The number of piperidine rings is 1. The topological polar surface area (TPSA) is 49.6 Å². The zero-order valence-electron chi connectivity index (χ0n) is 11.8. The molecule has 1 saturated heterocycles. The smallest absolute Gasteiger partial charge is 0.227 e. The van der Waals surface area contributed by atoms with Crippen LogP contribution >= 0.6 is 0 Å². The Kier molecular flexibility index (Phi) is 4.62. The summed E-state index contributed by atoms with van der Waals surface area (Å²) in [5.41, 5.74) is 6.12. The maximum Gasteiger partial charge on any atom is 0.227 e. The van der Waals surface area contributed by atoms with E-state index in [4.69, 9.17) is 5.73 Å². The molecular formula is C14H27N3O. The van der Waals surface area contributed by atoms with Gasteiger partial charge in [-0.25, -0.2) is 0 Å². The Bertz CT molecular complexity index is 293. The van der Waals surface area contributed by atoms with Crippen molar-refractivity contribution >= 4 is 5.91 Å². The van der Waals surface area contributed by atoms with Crippen LogP contribution in [0.25, 0.3) is 0 Å². The molecule has 18 heavy (non-hydrogen) atoms. The number of carbonyl (C=O) groups excluding carboxylic acids is 1. The highest BCUT2D eigenvalue weighted by Crippen LogP contribution is 2.26. The molecule has 1 saturated carbocycles. The fourth-order valence-corrected chi connectivity index (χ4v) is 3.28. The maximum absolute atomic E-state index is 12.6. The number of hydrogen-bond donors (Lipinski definition) is 1. The van der Waals surface area contributed by atoms with Crippen molar-refractivity contribution < 1.29 is 4.79 Å². The second-order valence-corrected chi connectivity index (χ2v) is 6.10. The van der Waals surface area contributed by atoms with Crippen LogP contribution in [0.15, 0.2) is 0 Å². The van der Waals surface area contributed by atoms with Crippen LogP contribution in [0.4, 0.5) is 0 Å². The van der Waals surface area contributed by atoms with Crippen LogP contribution in [0, 0.1) is 5.92 Å². The summed E-state index contributed by atoms with van der Waals surface area (Å²) >= 11 is 0. The summed E-state index contributed by atoms with van der Waals surface area (Å²) in [6.07, 6.45) is 6.68. The first-order valence-electron chi connectivity index (χ1n) is 7.30. The number of likely N-dealkylation sites (tertiary alicyclic amines) is 1. The third-order valence-electron chi connectivity index (χ3n) is 4.58. The van der Waals surface area contributed by atoms with Crippen LogP contribution in [-0.2, 0) is 4.79 Å². The van der Waals surface area contributed by atoms with Crippen LogP contribution in [0.3, 0.4) is 0 Å². The number of hydrogen-bond acceptors (Lipinski definition) is 3. The Morgan fingerprint density at radius 1 is 1.17 bits per heavy atom. The van der Waals surface area contributed by atoms with Crippen molar-refractivity contribution in [1.29, 1.82) is 0 Å². The Balaban J connectivity index is 1.95. The highest BCUT2D eigenvalue weighted by atomic mass is 16.2. The Morgan fingerprint density at radius 2 is 1.89 bits per heavy atom. The van der Waals surface area contributed by atoms with E-state index in [1.807, 2.05) is 0 Å².